The summed E-state index contributed by atoms with van der Waals surface area (Å²) in [6.07, 6.45) is 1.55. The highest BCUT2D eigenvalue weighted by Crippen LogP contribution is 2.34. The molecule has 2 atom stereocenters. The molecule has 0 saturated carbocycles. The summed E-state index contributed by atoms with van der Waals surface area (Å²) in [5.74, 6) is 1.94. The lowest BCUT2D eigenvalue weighted by Crippen LogP contribution is -2.28. The van der Waals surface area contributed by atoms with E-state index in [0.717, 1.165) is 17.8 Å². The van der Waals surface area contributed by atoms with Crippen LogP contribution in [0.1, 0.15) is 29.9 Å². The highest BCUT2D eigenvalue weighted by Gasteiger charge is 2.23. The summed E-state index contributed by atoms with van der Waals surface area (Å²) < 4.78 is 13.0. The average molecular weight is 517 g/mol. The van der Waals surface area contributed by atoms with Crippen LogP contribution in [-0.4, -0.2) is 64.3 Å². The number of ether oxygens (including phenoxy) is 2. The van der Waals surface area contributed by atoms with Crippen LogP contribution in [-0.2, 0) is 0 Å². The second-order valence-corrected chi connectivity index (χ2v) is 9.08. The van der Waals surface area contributed by atoms with Gasteiger partial charge in [-0.05, 0) is 75.1 Å². The minimum absolute atomic E-state index is 0.0182. The number of nitrogens with zero attached hydrogens (tertiary/aromatic N) is 4. The topological polar surface area (TPSA) is 147 Å². The van der Waals surface area contributed by atoms with E-state index in [0.29, 0.717) is 28.7 Å². The third-order valence-corrected chi connectivity index (χ3v) is 5.75. The van der Waals surface area contributed by atoms with Gasteiger partial charge in [-0.3, -0.25) is 10.4 Å². The van der Waals surface area contributed by atoms with Crippen LogP contribution in [0.2, 0.25) is 0 Å². The number of aromatic amines is 1. The number of benzene rings is 2. The molecule has 11 heteroatoms. The number of pyridine rings is 1. The number of likely N-dealkylation sites (N-methyl/N-ethyl adjacent to an activating group) is 1. The van der Waals surface area contributed by atoms with Crippen LogP contribution in [0, 0.1) is 5.41 Å². The first-order valence-corrected chi connectivity index (χ1v) is 12.1. The van der Waals surface area contributed by atoms with Gasteiger partial charge in [-0.2, -0.15) is 4.68 Å². The first-order chi connectivity index (χ1) is 18.2. The van der Waals surface area contributed by atoms with Crippen molar-refractivity contribution in [2.24, 2.45) is 5.73 Å². The zero-order valence-corrected chi connectivity index (χ0v) is 21.8. The fraction of sp³-hybridized carbons (Fsp3) is 0.259. The number of anilines is 1. The van der Waals surface area contributed by atoms with E-state index in [1.54, 1.807) is 43.6 Å². The van der Waals surface area contributed by atoms with Gasteiger partial charge in [-0.25, -0.2) is 9.78 Å². The second-order valence-electron chi connectivity index (χ2n) is 9.08. The second kappa shape index (κ2) is 11.6. The Hall–Kier alpha value is -4.64. The summed E-state index contributed by atoms with van der Waals surface area (Å²) in [5, 5.41) is 15.6. The lowest BCUT2D eigenvalue weighted by atomic mass is 10.0. The zero-order valence-electron chi connectivity index (χ0n) is 21.8. The summed E-state index contributed by atoms with van der Waals surface area (Å²) in [7, 11) is 5.57. The first kappa shape index (κ1) is 26.4. The van der Waals surface area contributed by atoms with Crippen molar-refractivity contribution in [3.05, 3.63) is 94.3 Å². The van der Waals surface area contributed by atoms with Crippen molar-refractivity contribution in [2.45, 2.75) is 19.1 Å². The van der Waals surface area contributed by atoms with Crippen molar-refractivity contribution in [1.82, 2.24) is 24.6 Å². The zero-order chi connectivity index (χ0) is 27.2. The third-order valence-electron chi connectivity index (χ3n) is 5.75. The lowest BCUT2D eigenvalue weighted by Gasteiger charge is -2.22. The summed E-state index contributed by atoms with van der Waals surface area (Å²) in [4.78, 5) is 22.0. The predicted molar refractivity (Wildman–Crippen MR) is 147 cm³/mol. The van der Waals surface area contributed by atoms with Gasteiger partial charge in [0, 0.05) is 24.0 Å². The number of methoxy groups -OCH3 is 1. The molecule has 0 spiro atoms. The molecule has 0 saturated heterocycles. The fourth-order valence-corrected chi connectivity index (χ4v) is 4.06. The maximum absolute atomic E-state index is 12.8. The highest BCUT2D eigenvalue weighted by atomic mass is 16.5. The van der Waals surface area contributed by atoms with Crippen molar-refractivity contribution >= 4 is 11.5 Å². The van der Waals surface area contributed by atoms with E-state index in [9.17, 15) is 4.79 Å². The summed E-state index contributed by atoms with van der Waals surface area (Å²) in [6.45, 7) is 2.74. The van der Waals surface area contributed by atoms with Crippen LogP contribution in [0.15, 0.2) is 71.7 Å². The van der Waals surface area contributed by atoms with Crippen molar-refractivity contribution in [2.75, 3.05) is 33.1 Å². The van der Waals surface area contributed by atoms with Gasteiger partial charge in [0.2, 0.25) is 0 Å². The molecule has 38 heavy (non-hydrogen) atoms. The molecule has 0 radical (unpaired) electrons. The fourth-order valence-electron chi connectivity index (χ4n) is 4.06. The van der Waals surface area contributed by atoms with Gasteiger partial charge < -0.3 is 25.4 Å². The Kier molecular flexibility index (Phi) is 8.07. The molecule has 4 aromatic rings. The van der Waals surface area contributed by atoms with Crippen molar-refractivity contribution in [3.63, 3.8) is 0 Å². The summed E-state index contributed by atoms with van der Waals surface area (Å²) in [5.41, 5.74) is 7.32. The van der Waals surface area contributed by atoms with Crippen LogP contribution in [0.5, 0.6) is 11.5 Å². The van der Waals surface area contributed by atoms with E-state index >= 15 is 0 Å². The molecule has 198 valence electrons. The van der Waals surface area contributed by atoms with Crippen molar-refractivity contribution < 1.29 is 9.47 Å². The Morgan fingerprint density at radius 2 is 1.92 bits per heavy atom. The molecular formula is C27H32N8O3. The van der Waals surface area contributed by atoms with Gasteiger partial charge in [-0.15, -0.1) is 5.10 Å². The van der Waals surface area contributed by atoms with Gasteiger partial charge in [-0.1, -0.05) is 12.1 Å². The van der Waals surface area contributed by atoms with E-state index in [1.807, 2.05) is 51.4 Å². The van der Waals surface area contributed by atoms with Gasteiger partial charge in [0.05, 0.1) is 7.11 Å². The Labute approximate surface area is 220 Å². The van der Waals surface area contributed by atoms with Crippen molar-refractivity contribution in [3.8, 4) is 17.3 Å². The Bertz CT molecular complexity index is 1430. The lowest BCUT2D eigenvalue weighted by molar-refractivity contribution is 0.171. The molecular weight excluding hydrogens is 484 g/mol. The summed E-state index contributed by atoms with van der Waals surface area (Å²) in [6, 6.07) is 17.4. The third kappa shape index (κ3) is 6.19. The number of nitrogen functional groups attached to an aromatic ring is 1. The van der Waals surface area contributed by atoms with Gasteiger partial charge in [0.15, 0.2) is 23.1 Å². The largest absolute Gasteiger partial charge is 0.493 e. The number of nitrogens with two attached hydrogens (primary N) is 1. The van der Waals surface area contributed by atoms with Gasteiger partial charge in [0.25, 0.3) is 0 Å². The Morgan fingerprint density at radius 3 is 2.55 bits per heavy atom. The number of amidine groups is 1. The van der Waals surface area contributed by atoms with E-state index in [2.05, 4.69) is 25.3 Å². The highest BCUT2D eigenvalue weighted by molar-refractivity contribution is 5.95. The van der Waals surface area contributed by atoms with Crippen LogP contribution < -0.4 is 26.2 Å². The molecule has 2 unspecified atom stereocenters. The Balaban J connectivity index is 1.73. The number of H-pyrrole nitrogens is 1. The smallest absolute Gasteiger partial charge is 0.349 e. The van der Waals surface area contributed by atoms with Crippen LogP contribution in [0.3, 0.4) is 0 Å². The minimum atomic E-state index is -0.557. The quantitative estimate of drug-likeness (QED) is 0.176. The standard InChI is InChI=1S/C27H32N8O3/c1-17(16-34(2)3)38-21-13-10-19(15-22(21)37-4)24(31-20-11-8-18(9-12-20)25(28)29)26-32-27(36)35(33-26)23-7-5-6-14-30-23/h5-15,17,24,31H,16H2,1-4H3,(H3,28,29)(H,32,33,36). The van der Waals surface area contributed by atoms with Gasteiger partial charge >= 0.3 is 5.69 Å². The number of hydrogen-bond acceptors (Lipinski definition) is 8. The number of nitrogens with one attached hydrogen (secondary N) is 3. The molecule has 0 aliphatic rings. The molecule has 0 fully saturated rings. The molecule has 2 aromatic heterocycles. The van der Waals surface area contributed by atoms with E-state index in [1.165, 1.54) is 4.68 Å². The molecule has 4 rings (SSSR count). The number of hydrogen-bond donors (Lipinski definition) is 4. The van der Waals surface area contributed by atoms with Crippen LogP contribution in [0.25, 0.3) is 5.82 Å². The maximum atomic E-state index is 12.8. The van der Waals surface area contributed by atoms with Crippen molar-refractivity contribution in [1.29, 1.82) is 5.41 Å². The number of rotatable bonds is 11. The van der Waals surface area contributed by atoms with E-state index < -0.39 is 11.7 Å². The monoisotopic (exact) mass is 516 g/mol. The van der Waals surface area contributed by atoms with E-state index in [4.69, 9.17) is 20.6 Å². The molecule has 2 heterocycles. The maximum Gasteiger partial charge on any atom is 0.349 e. The molecule has 11 nitrogen and oxygen atoms in total. The van der Waals surface area contributed by atoms with E-state index in [-0.39, 0.29) is 11.9 Å². The molecule has 0 bridgehead atoms. The molecule has 0 amide bonds. The molecule has 2 aromatic carbocycles. The first-order valence-electron chi connectivity index (χ1n) is 12.1. The molecule has 0 aliphatic heterocycles. The molecule has 5 N–H and O–H groups in total. The van der Waals surface area contributed by atoms with Crippen LogP contribution >= 0.6 is 0 Å². The SMILES string of the molecule is COc1cc(C(Nc2ccc(C(=N)N)cc2)c2nn(-c3ccccn3)c(=O)[nH]2)ccc1OC(C)CN(C)C. The number of aromatic nitrogens is 4. The molecule has 0 aliphatic carbocycles. The Morgan fingerprint density at radius 1 is 1.16 bits per heavy atom. The van der Waals surface area contributed by atoms with Crippen LogP contribution in [0.4, 0.5) is 5.69 Å². The van der Waals surface area contributed by atoms with Gasteiger partial charge in [0.1, 0.15) is 18.0 Å². The average Bonchev–Trinajstić information content (AvgIpc) is 3.29. The summed E-state index contributed by atoms with van der Waals surface area (Å²) >= 11 is 0. The predicted octanol–water partition coefficient (Wildman–Crippen LogP) is 2.78. The normalized spacial score (nSPS) is 12.7. The minimum Gasteiger partial charge on any atom is -0.493 e.